The Morgan fingerprint density at radius 3 is 2.06 bits per heavy atom. The van der Waals surface area contributed by atoms with Gasteiger partial charge in [-0.3, -0.25) is 4.79 Å². The van der Waals surface area contributed by atoms with Gasteiger partial charge in [0.15, 0.2) is 5.58 Å². The molecule has 4 aromatic rings. The summed E-state index contributed by atoms with van der Waals surface area (Å²) in [6.45, 7) is 1.03. The van der Waals surface area contributed by atoms with Gasteiger partial charge in [-0.15, -0.1) is 0 Å². The third kappa shape index (κ3) is 5.55. The molecule has 0 saturated heterocycles. The SMILES string of the molecule is O=C(CC(C(=S)NCc1ccccc1)c1nc2ccccc2o1)NCc1ccccc1. The Morgan fingerprint density at radius 1 is 0.839 bits per heavy atom. The van der Waals surface area contributed by atoms with Gasteiger partial charge in [0.25, 0.3) is 0 Å². The molecule has 0 aliphatic rings. The van der Waals surface area contributed by atoms with Gasteiger partial charge in [-0.1, -0.05) is 85.0 Å². The summed E-state index contributed by atoms with van der Waals surface area (Å²) in [5, 5.41) is 6.24. The molecule has 3 aromatic carbocycles. The molecule has 5 nitrogen and oxygen atoms in total. The third-order valence-corrected chi connectivity index (χ3v) is 5.39. The van der Waals surface area contributed by atoms with Gasteiger partial charge in [-0.2, -0.15) is 0 Å². The number of fused-ring (bicyclic) bond motifs is 1. The number of carbonyl (C=O) groups excluding carboxylic acids is 1. The highest BCUT2D eigenvalue weighted by Crippen LogP contribution is 2.25. The summed E-state index contributed by atoms with van der Waals surface area (Å²) in [6.07, 6.45) is 0.153. The minimum absolute atomic E-state index is 0.111. The molecule has 1 heterocycles. The molecule has 1 amide bonds. The van der Waals surface area contributed by atoms with E-state index in [-0.39, 0.29) is 12.3 Å². The van der Waals surface area contributed by atoms with Gasteiger partial charge >= 0.3 is 0 Å². The van der Waals surface area contributed by atoms with E-state index in [0.29, 0.717) is 29.6 Å². The first-order valence-corrected chi connectivity index (χ1v) is 10.6. The number of nitrogens with one attached hydrogen (secondary N) is 2. The normalized spacial score (nSPS) is 11.7. The first-order chi connectivity index (χ1) is 15.2. The second-order valence-electron chi connectivity index (χ2n) is 7.24. The Kier molecular flexibility index (Phi) is 6.69. The van der Waals surface area contributed by atoms with Crippen molar-refractivity contribution >= 4 is 34.2 Å². The summed E-state index contributed by atoms with van der Waals surface area (Å²) < 4.78 is 5.95. The predicted octanol–water partition coefficient (Wildman–Crippen LogP) is 4.74. The molecule has 0 aliphatic heterocycles. The average Bonchev–Trinajstić information content (AvgIpc) is 3.25. The van der Waals surface area contributed by atoms with Crippen LogP contribution in [-0.4, -0.2) is 15.9 Å². The minimum atomic E-state index is -0.457. The number of thiocarbonyl (C=S) groups is 1. The van der Waals surface area contributed by atoms with Crippen molar-refractivity contribution in [3.05, 3.63) is 102 Å². The molecule has 1 unspecified atom stereocenters. The van der Waals surface area contributed by atoms with Crippen LogP contribution in [0.2, 0.25) is 0 Å². The molecule has 1 aromatic heterocycles. The molecule has 0 bridgehead atoms. The summed E-state index contributed by atoms with van der Waals surface area (Å²) in [4.78, 5) is 17.8. The molecule has 0 radical (unpaired) electrons. The lowest BCUT2D eigenvalue weighted by atomic mass is 10.0. The minimum Gasteiger partial charge on any atom is -0.440 e. The standard InChI is InChI=1S/C25H23N3O2S/c29-23(26-16-18-9-3-1-4-10-18)15-20(24-28-21-13-7-8-14-22(21)30-24)25(31)27-17-19-11-5-2-6-12-19/h1-14,20H,15-17H2,(H,26,29)(H,27,31). The van der Waals surface area contributed by atoms with Crippen molar-refractivity contribution in [2.75, 3.05) is 0 Å². The fraction of sp³-hybridized carbons (Fsp3) is 0.160. The quantitative estimate of drug-likeness (QED) is 0.396. The van der Waals surface area contributed by atoms with Crippen molar-refractivity contribution in [1.82, 2.24) is 15.6 Å². The average molecular weight is 430 g/mol. The molecule has 0 aliphatic carbocycles. The van der Waals surface area contributed by atoms with Crippen LogP contribution in [0.4, 0.5) is 0 Å². The number of rotatable bonds is 8. The molecule has 0 spiro atoms. The van der Waals surface area contributed by atoms with Gasteiger partial charge in [0.1, 0.15) is 5.52 Å². The Bertz CT molecular complexity index is 1130. The van der Waals surface area contributed by atoms with E-state index in [4.69, 9.17) is 16.6 Å². The smallest absolute Gasteiger partial charge is 0.221 e. The zero-order valence-corrected chi connectivity index (χ0v) is 17.8. The maximum absolute atomic E-state index is 12.7. The number of amides is 1. The summed E-state index contributed by atoms with van der Waals surface area (Å²) >= 11 is 5.67. The van der Waals surface area contributed by atoms with Crippen LogP contribution in [0.3, 0.4) is 0 Å². The topological polar surface area (TPSA) is 67.2 Å². The molecule has 0 saturated carbocycles. The molecule has 2 N–H and O–H groups in total. The number of benzene rings is 3. The number of para-hydroxylation sites is 2. The van der Waals surface area contributed by atoms with Gasteiger partial charge in [0, 0.05) is 19.5 Å². The molecular formula is C25H23N3O2S. The fourth-order valence-electron chi connectivity index (χ4n) is 3.29. The van der Waals surface area contributed by atoms with Gasteiger partial charge in [-0.25, -0.2) is 4.98 Å². The van der Waals surface area contributed by atoms with Crippen molar-refractivity contribution in [1.29, 1.82) is 0 Å². The van der Waals surface area contributed by atoms with E-state index in [1.165, 1.54) is 0 Å². The third-order valence-electron chi connectivity index (χ3n) is 4.96. The van der Waals surface area contributed by atoms with Gasteiger partial charge in [-0.05, 0) is 23.3 Å². The van der Waals surface area contributed by atoms with E-state index < -0.39 is 5.92 Å². The van der Waals surface area contributed by atoms with E-state index in [1.807, 2.05) is 84.9 Å². The highest BCUT2D eigenvalue weighted by molar-refractivity contribution is 7.80. The Morgan fingerprint density at radius 2 is 1.42 bits per heavy atom. The highest BCUT2D eigenvalue weighted by Gasteiger charge is 2.26. The van der Waals surface area contributed by atoms with Crippen LogP contribution >= 0.6 is 12.2 Å². The highest BCUT2D eigenvalue weighted by atomic mass is 32.1. The van der Waals surface area contributed by atoms with Crippen LogP contribution in [0.15, 0.2) is 89.3 Å². The first-order valence-electron chi connectivity index (χ1n) is 10.2. The van der Waals surface area contributed by atoms with Crippen molar-refractivity contribution in [2.45, 2.75) is 25.4 Å². The lowest BCUT2D eigenvalue weighted by molar-refractivity contribution is -0.121. The second-order valence-corrected chi connectivity index (χ2v) is 7.68. The van der Waals surface area contributed by atoms with E-state index in [2.05, 4.69) is 15.6 Å². The summed E-state index contributed by atoms with van der Waals surface area (Å²) in [5.74, 6) is -0.122. The number of carbonyl (C=O) groups is 1. The summed E-state index contributed by atoms with van der Waals surface area (Å²) in [6, 6.07) is 27.3. The first kappa shape index (κ1) is 20.8. The van der Waals surface area contributed by atoms with Gasteiger partial charge in [0.2, 0.25) is 11.8 Å². The molecule has 0 fully saturated rings. The second kappa shape index (κ2) is 10.00. The van der Waals surface area contributed by atoms with Gasteiger partial charge < -0.3 is 15.1 Å². The lowest BCUT2D eigenvalue weighted by Crippen LogP contribution is -2.32. The molecular weight excluding hydrogens is 406 g/mol. The maximum Gasteiger partial charge on any atom is 0.221 e. The van der Waals surface area contributed by atoms with Crippen LogP contribution in [-0.2, 0) is 17.9 Å². The number of nitrogens with zero attached hydrogens (tertiary/aromatic N) is 1. The van der Waals surface area contributed by atoms with E-state index in [0.717, 1.165) is 16.6 Å². The van der Waals surface area contributed by atoms with Crippen LogP contribution in [0.1, 0.15) is 29.4 Å². The summed E-state index contributed by atoms with van der Waals surface area (Å²) in [5.41, 5.74) is 3.57. The Hall–Kier alpha value is -3.51. The molecule has 31 heavy (non-hydrogen) atoms. The Balaban J connectivity index is 1.48. The van der Waals surface area contributed by atoms with Crippen LogP contribution in [0.25, 0.3) is 11.1 Å². The number of hydrogen-bond acceptors (Lipinski definition) is 4. The van der Waals surface area contributed by atoms with Crippen LogP contribution in [0, 0.1) is 0 Å². The lowest BCUT2D eigenvalue weighted by Gasteiger charge is -2.17. The molecule has 1 atom stereocenters. The maximum atomic E-state index is 12.7. The van der Waals surface area contributed by atoms with E-state index in [9.17, 15) is 4.79 Å². The van der Waals surface area contributed by atoms with Crippen molar-refractivity contribution < 1.29 is 9.21 Å². The van der Waals surface area contributed by atoms with Gasteiger partial charge in [0.05, 0.1) is 10.9 Å². The van der Waals surface area contributed by atoms with E-state index >= 15 is 0 Å². The predicted molar refractivity (Wildman–Crippen MR) is 126 cm³/mol. The summed E-state index contributed by atoms with van der Waals surface area (Å²) in [7, 11) is 0. The zero-order chi connectivity index (χ0) is 21.5. The number of oxazole rings is 1. The van der Waals surface area contributed by atoms with Crippen molar-refractivity contribution in [3.8, 4) is 0 Å². The Labute approximate surface area is 186 Å². The van der Waals surface area contributed by atoms with Crippen LogP contribution < -0.4 is 10.6 Å². The molecule has 4 rings (SSSR count). The van der Waals surface area contributed by atoms with Crippen molar-refractivity contribution in [3.63, 3.8) is 0 Å². The number of aromatic nitrogens is 1. The monoisotopic (exact) mass is 429 g/mol. The molecule has 156 valence electrons. The number of hydrogen-bond donors (Lipinski definition) is 2. The largest absolute Gasteiger partial charge is 0.440 e. The van der Waals surface area contributed by atoms with E-state index in [1.54, 1.807) is 0 Å². The zero-order valence-electron chi connectivity index (χ0n) is 17.0. The fourth-order valence-corrected chi connectivity index (χ4v) is 3.55. The van der Waals surface area contributed by atoms with Crippen molar-refractivity contribution in [2.24, 2.45) is 0 Å². The molecule has 6 heteroatoms. The van der Waals surface area contributed by atoms with Crippen LogP contribution in [0.5, 0.6) is 0 Å².